The van der Waals surface area contributed by atoms with Crippen LogP contribution < -0.4 is 10.6 Å². The summed E-state index contributed by atoms with van der Waals surface area (Å²) in [7, 11) is 5.64. The van der Waals surface area contributed by atoms with Gasteiger partial charge < -0.3 is 20.3 Å². The zero-order valence-corrected chi connectivity index (χ0v) is 12.3. The number of methoxy groups -OCH3 is 1. The summed E-state index contributed by atoms with van der Waals surface area (Å²) in [4.78, 5) is 22.1. The van der Waals surface area contributed by atoms with Gasteiger partial charge >= 0.3 is 0 Å². The maximum absolute atomic E-state index is 11.8. The van der Waals surface area contributed by atoms with Gasteiger partial charge in [-0.15, -0.1) is 0 Å². The summed E-state index contributed by atoms with van der Waals surface area (Å²) in [5.74, 6) is 0.346. The van der Waals surface area contributed by atoms with Crippen LogP contribution in [0.15, 0.2) is 12.4 Å². The summed E-state index contributed by atoms with van der Waals surface area (Å²) in [5.41, 5.74) is 0.465. The Labute approximate surface area is 119 Å². The third kappa shape index (κ3) is 6.44. The molecule has 20 heavy (non-hydrogen) atoms. The second-order valence-electron chi connectivity index (χ2n) is 4.63. The fraction of sp³-hybridized carbons (Fsp3) is 0.615. The molecule has 1 aromatic rings. The molecule has 0 saturated carbocycles. The number of anilines is 1. The van der Waals surface area contributed by atoms with E-state index in [9.17, 15) is 4.79 Å². The van der Waals surface area contributed by atoms with Crippen LogP contribution in [0.4, 0.5) is 5.95 Å². The van der Waals surface area contributed by atoms with Crippen molar-refractivity contribution in [2.45, 2.75) is 6.42 Å². The van der Waals surface area contributed by atoms with E-state index in [1.165, 1.54) is 12.4 Å². The average Bonchev–Trinajstić information content (AvgIpc) is 2.44. The van der Waals surface area contributed by atoms with Crippen molar-refractivity contribution in [3.63, 3.8) is 0 Å². The van der Waals surface area contributed by atoms with Crippen molar-refractivity contribution in [3.8, 4) is 0 Å². The Morgan fingerprint density at radius 2 is 2.00 bits per heavy atom. The van der Waals surface area contributed by atoms with E-state index in [-0.39, 0.29) is 5.91 Å². The number of amides is 1. The van der Waals surface area contributed by atoms with Crippen LogP contribution in [0.1, 0.15) is 16.8 Å². The SMILES string of the molecule is COCCNc1ncc(C(=O)NCCCN(C)C)cn1. The van der Waals surface area contributed by atoms with E-state index < -0.39 is 0 Å². The van der Waals surface area contributed by atoms with Gasteiger partial charge in [0.15, 0.2) is 0 Å². The predicted octanol–water partition coefficient (Wildman–Crippen LogP) is 0.216. The van der Waals surface area contributed by atoms with Crippen molar-refractivity contribution in [1.29, 1.82) is 0 Å². The third-order valence-corrected chi connectivity index (χ3v) is 2.57. The molecule has 0 saturated heterocycles. The second kappa shape index (κ2) is 9.22. The molecule has 1 rings (SSSR count). The van der Waals surface area contributed by atoms with Crippen LogP contribution >= 0.6 is 0 Å². The van der Waals surface area contributed by atoms with Crippen LogP contribution in [0.2, 0.25) is 0 Å². The number of carbonyl (C=O) groups excluding carboxylic acids is 1. The van der Waals surface area contributed by atoms with E-state index in [1.807, 2.05) is 14.1 Å². The Balaban J connectivity index is 2.33. The zero-order chi connectivity index (χ0) is 14.8. The van der Waals surface area contributed by atoms with Crippen LogP contribution in [0.25, 0.3) is 0 Å². The first-order valence-electron chi connectivity index (χ1n) is 6.61. The Morgan fingerprint density at radius 1 is 1.30 bits per heavy atom. The van der Waals surface area contributed by atoms with Gasteiger partial charge in [0, 0.05) is 32.6 Å². The minimum Gasteiger partial charge on any atom is -0.383 e. The highest BCUT2D eigenvalue weighted by Crippen LogP contribution is 2.00. The van der Waals surface area contributed by atoms with Gasteiger partial charge in [0.1, 0.15) is 0 Å². The second-order valence-corrected chi connectivity index (χ2v) is 4.63. The number of nitrogens with zero attached hydrogens (tertiary/aromatic N) is 3. The van der Waals surface area contributed by atoms with Gasteiger partial charge in [-0.2, -0.15) is 0 Å². The number of hydrogen-bond acceptors (Lipinski definition) is 6. The Bertz CT molecular complexity index is 394. The van der Waals surface area contributed by atoms with E-state index in [0.29, 0.717) is 31.2 Å². The lowest BCUT2D eigenvalue weighted by atomic mass is 10.3. The predicted molar refractivity (Wildman–Crippen MR) is 77.9 cm³/mol. The first kappa shape index (κ1) is 16.3. The van der Waals surface area contributed by atoms with E-state index in [4.69, 9.17) is 4.74 Å². The molecule has 1 aromatic heterocycles. The van der Waals surface area contributed by atoms with Crippen LogP contribution in [-0.2, 0) is 4.74 Å². The van der Waals surface area contributed by atoms with Crippen molar-refractivity contribution in [2.75, 3.05) is 52.8 Å². The molecule has 0 aliphatic carbocycles. The van der Waals surface area contributed by atoms with Crippen molar-refractivity contribution in [1.82, 2.24) is 20.2 Å². The smallest absolute Gasteiger partial charge is 0.254 e. The molecule has 1 amide bonds. The lowest BCUT2D eigenvalue weighted by Gasteiger charge is -2.10. The molecule has 0 aliphatic rings. The first-order valence-corrected chi connectivity index (χ1v) is 6.61. The van der Waals surface area contributed by atoms with Crippen molar-refractivity contribution < 1.29 is 9.53 Å². The van der Waals surface area contributed by atoms with E-state index in [1.54, 1.807) is 7.11 Å². The molecule has 7 nitrogen and oxygen atoms in total. The molecule has 0 spiro atoms. The van der Waals surface area contributed by atoms with E-state index >= 15 is 0 Å². The summed E-state index contributed by atoms with van der Waals surface area (Å²) in [6.45, 7) is 2.80. The van der Waals surface area contributed by atoms with Gasteiger partial charge in [-0.25, -0.2) is 9.97 Å². The fourth-order valence-corrected chi connectivity index (χ4v) is 1.50. The summed E-state index contributed by atoms with van der Waals surface area (Å²) >= 11 is 0. The van der Waals surface area contributed by atoms with Crippen molar-refractivity contribution in [3.05, 3.63) is 18.0 Å². The molecule has 0 aliphatic heterocycles. The first-order chi connectivity index (χ1) is 9.63. The molecule has 0 unspecified atom stereocenters. The molecule has 7 heteroatoms. The molecule has 0 fully saturated rings. The normalized spacial score (nSPS) is 10.6. The van der Waals surface area contributed by atoms with Crippen LogP contribution in [0.5, 0.6) is 0 Å². The van der Waals surface area contributed by atoms with Gasteiger partial charge in [-0.1, -0.05) is 0 Å². The van der Waals surface area contributed by atoms with Gasteiger partial charge in [0.25, 0.3) is 5.91 Å². The molecule has 0 radical (unpaired) electrons. The highest BCUT2D eigenvalue weighted by atomic mass is 16.5. The molecule has 2 N–H and O–H groups in total. The Hall–Kier alpha value is -1.73. The quantitative estimate of drug-likeness (QED) is 0.630. The van der Waals surface area contributed by atoms with Crippen LogP contribution in [0.3, 0.4) is 0 Å². The van der Waals surface area contributed by atoms with Gasteiger partial charge in [-0.05, 0) is 27.1 Å². The molecule has 0 atom stereocenters. The maximum atomic E-state index is 11.8. The summed E-state index contributed by atoms with van der Waals surface area (Å²) in [6, 6.07) is 0. The summed E-state index contributed by atoms with van der Waals surface area (Å²) < 4.78 is 4.91. The van der Waals surface area contributed by atoms with Gasteiger partial charge in [0.2, 0.25) is 5.95 Å². The molecular formula is C13H23N5O2. The zero-order valence-electron chi connectivity index (χ0n) is 12.3. The molecule has 0 bridgehead atoms. The number of carbonyl (C=O) groups is 1. The largest absolute Gasteiger partial charge is 0.383 e. The number of hydrogen-bond donors (Lipinski definition) is 2. The maximum Gasteiger partial charge on any atom is 0.254 e. The number of aromatic nitrogens is 2. The van der Waals surface area contributed by atoms with Crippen LogP contribution in [-0.4, -0.2) is 68.2 Å². The topological polar surface area (TPSA) is 79.4 Å². The molecule has 0 aromatic carbocycles. The molecule has 1 heterocycles. The number of rotatable bonds is 9. The van der Waals surface area contributed by atoms with Gasteiger partial charge in [0.05, 0.1) is 12.2 Å². The highest BCUT2D eigenvalue weighted by molar-refractivity contribution is 5.93. The monoisotopic (exact) mass is 281 g/mol. The minimum absolute atomic E-state index is 0.146. The number of nitrogens with one attached hydrogen (secondary N) is 2. The Kier molecular flexibility index (Phi) is 7.52. The van der Waals surface area contributed by atoms with E-state index in [2.05, 4.69) is 25.5 Å². The standard InChI is InChI=1S/C13H23N5O2/c1-18(2)7-4-5-14-12(19)11-9-16-13(17-10-11)15-6-8-20-3/h9-10H,4-8H2,1-3H3,(H,14,19)(H,15,16,17). The van der Waals surface area contributed by atoms with E-state index in [0.717, 1.165) is 13.0 Å². The van der Waals surface area contributed by atoms with Gasteiger partial charge in [-0.3, -0.25) is 4.79 Å². The van der Waals surface area contributed by atoms with Crippen molar-refractivity contribution in [2.24, 2.45) is 0 Å². The number of ether oxygens (including phenoxy) is 1. The fourth-order valence-electron chi connectivity index (χ4n) is 1.50. The lowest BCUT2D eigenvalue weighted by Crippen LogP contribution is -2.27. The Morgan fingerprint density at radius 3 is 2.60 bits per heavy atom. The molecular weight excluding hydrogens is 258 g/mol. The van der Waals surface area contributed by atoms with Crippen LogP contribution in [0, 0.1) is 0 Å². The minimum atomic E-state index is -0.146. The highest BCUT2D eigenvalue weighted by Gasteiger charge is 2.06. The third-order valence-electron chi connectivity index (χ3n) is 2.57. The lowest BCUT2D eigenvalue weighted by molar-refractivity contribution is 0.0951. The average molecular weight is 281 g/mol. The summed E-state index contributed by atoms with van der Waals surface area (Å²) in [6.07, 6.45) is 3.95. The summed E-state index contributed by atoms with van der Waals surface area (Å²) in [5, 5.41) is 5.83. The van der Waals surface area contributed by atoms with Crippen molar-refractivity contribution >= 4 is 11.9 Å². The molecule has 112 valence electrons.